The summed E-state index contributed by atoms with van der Waals surface area (Å²) < 4.78 is 26.9. The molecule has 2 atom stereocenters. The van der Waals surface area contributed by atoms with Crippen LogP contribution in [0.25, 0.3) is 0 Å². The van der Waals surface area contributed by atoms with Crippen molar-refractivity contribution in [1.29, 1.82) is 0 Å². The Bertz CT molecular complexity index is 1240. The van der Waals surface area contributed by atoms with E-state index < -0.39 is 26.5 Å². The Balaban J connectivity index is 3.64. The number of rotatable bonds is 42. The van der Waals surface area contributed by atoms with Crippen molar-refractivity contribution in [3.63, 3.8) is 0 Å². The summed E-state index contributed by atoms with van der Waals surface area (Å²) in [5.74, 6) is -0.550. The van der Waals surface area contributed by atoms with Crippen LogP contribution in [0.1, 0.15) is 181 Å². The fraction of sp³-hybridized carbons (Fsp3) is 0.673. The molecule has 59 heavy (non-hydrogen) atoms. The lowest BCUT2D eigenvalue weighted by Gasteiger charge is -2.15. The molecule has 0 aromatic rings. The van der Waals surface area contributed by atoms with Gasteiger partial charge in [-0.05, 0) is 89.9 Å². The number of aliphatic hydroxyl groups excluding tert-OH is 1. The maximum Gasteiger partial charge on any atom is 0.472 e. The number of ether oxygens (including phenoxy) is 1. The summed E-state index contributed by atoms with van der Waals surface area (Å²) in [6.07, 6.45) is 56.5. The SMILES string of the molecule is CC/C=C\C/C=C\C/C=C\CCCCCCCC(=O)OCC(O)COP(=O)(O)OCCNC(=O)CCCCCCCCC/C=C\C/C=C\C/C=C\C/C=C\CCCCC. The number of phosphoric ester groups is 1. The Morgan fingerprint density at radius 2 is 0.966 bits per heavy atom. The average molecular weight is 846 g/mol. The number of aliphatic hydroxyl groups is 1. The first-order chi connectivity index (χ1) is 28.8. The fourth-order valence-corrected chi connectivity index (χ4v) is 6.60. The predicted molar refractivity (Wildman–Crippen MR) is 247 cm³/mol. The molecule has 338 valence electrons. The topological polar surface area (TPSA) is 131 Å². The van der Waals surface area contributed by atoms with E-state index in [2.05, 4.69) is 104 Å². The lowest BCUT2D eigenvalue weighted by atomic mass is 10.1. The highest BCUT2D eigenvalue weighted by Gasteiger charge is 2.23. The Kier molecular flexibility index (Phi) is 42.6. The first-order valence-corrected chi connectivity index (χ1v) is 24.6. The van der Waals surface area contributed by atoms with E-state index in [1.54, 1.807) is 0 Å². The molecule has 2 unspecified atom stereocenters. The van der Waals surface area contributed by atoms with Gasteiger partial charge < -0.3 is 20.1 Å². The van der Waals surface area contributed by atoms with Gasteiger partial charge in [0.15, 0.2) is 0 Å². The van der Waals surface area contributed by atoms with Crippen LogP contribution in [0.15, 0.2) is 85.1 Å². The summed E-state index contributed by atoms with van der Waals surface area (Å²) in [6, 6.07) is 0. The van der Waals surface area contributed by atoms with E-state index in [4.69, 9.17) is 13.8 Å². The van der Waals surface area contributed by atoms with Gasteiger partial charge in [-0.3, -0.25) is 18.6 Å². The molecule has 3 N–H and O–H groups in total. The first-order valence-electron chi connectivity index (χ1n) is 23.1. The van der Waals surface area contributed by atoms with Crippen LogP contribution in [0.2, 0.25) is 0 Å². The zero-order valence-corrected chi connectivity index (χ0v) is 38.1. The first kappa shape index (κ1) is 56.2. The number of allylic oxidation sites excluding steroid dienone is 14. The van der Waals surface area contributed by atoms with E-state index >= 15 is 0 Å². The van der Waals surface area contributed by atoms with Crippen molar-refractivity contribution in [1.82, 2.24) is 5.32 Å². The molecule has 0 fully saturated rings. The van der Waals surface area contributed by atoms with Crippen LogP contribution in [-0.4, -0.2) is 54.3 Å². The Labute approximate surface area is 360 Å². The molecule has 0 aliphatic heterocycles. The predicted octanol–water partition coefficient (Wildman–Crippen LogP) is 13.2. The van der Waals surface area contributed by atoms with Gasteiger partial charge in [0.2, 0.25) is 5.91 Å². The normalized spacial score (nSPS) is 14.0. The van der Waals surface area contributed by atoms with Gasteiger partial charge in [-0.1, -0.05) is 163 Å². The van der Waals surface area contributed by atoms with E-state index in [0.717, 1.165) is 96.3 Å². The third kappa shape index (κ3) is 46.1. The van der Waals surface area contributed by atoms with Crippen LogP contribution >= 0.6 is 7.82 Å². The number of carbonyl (C=O) groups excluding carboxylic acids is 2. The molecule has 0 heterocycles. The molecule has 9 nitrogen and oxygen atoms in total. The van der Waals surface area contributed by atoms with E-state index in [1.165, 1.54) is 51.4 Å². The summed E-state index contributed by atoms with van der Waals surface area (Å²) in [4.78, 5) is 34.0. The van der Waals surface area contributed by atoms with Gasteiger partial charge in [-0.2, -0.15) is 0 Å². The van der Waals surface area contributed by atoms with Crippen molar-refractivity contribution < 1.29 is 37.9 Å². The number of hydrogen-bond acceptors (Lipinski definition) is 7. The molecule has 10 heteroatoms. The molecule has 0 aromatic heterocycles. The number of hydrogen-bond donors (Lipinski definition) is 3. The monoisotopic (exact) mass is 846 g/mol. The number of esters is 1. The lowest BCUT2D eigenvalue weighted by Crippen LogP contribution is -2.27. The van der Waals surface area contributed by atoms with Crippen LogP contribution in [0, 0.1) is 0 Å². The van der Waals surface area contributed by atoms with Gasteiger partial charge in [0, 0.05) is 19.4 Å². The lowest BCUT2D eigenvalue weighted by molar-refractivity contribution is -0.147. The molecule has 0 aliphatic carbocycles. The van der Waals surface area contributed by atoms with E-state index in [-0.39, 0.29) is 32.1 Å². The molecule has 1 amide bonds. The van der Waals surface area contributed by atoms with Crippen LogP contribution in [0.5, 0.6) is 0 Å². The van der Waals surface area contributed by atoms with Crippen molar-refractivity contribution in [2.24, 2.45) is 0 Å². The minimum absolute atomic E-state index is 0.0683. The molecule has 0 bridgehead atoms. The molecule has 0 radical (unpaired) electrons. The van der Waals surface area contributed by atoms with Crippen molar-refractivity contribution in [3.8, 4) is 0 Å². The van der Waals surface area contributed by atoms with Gasteiger partial charge in [-0.25, -0.2) is 4.57 Å². The highest BCUT2D eigenvalue weighted by molar-refractivity contribution is 7.47. The van der Waals surface area contributed by atoms with Crippen LogP contribution in [0.3, 0.4) is 0 Å². The minimum Gasteiger partial charge on any atom is -0.463 e. The molecule has 0 saturated carbocycles. The Morgan fingerprint density at radius 3 is 1.46 bits per heavy atom. The van der Waals surface area contributed by atoms with Crippen molar-refractivity contribution in [3.05, 3.63) is 85.1 Å². The molecule has 0 saturated heterocycles. The molecule has 0 aromatic carbocycles. The van der Waals surface area contributed by atoms with Gasteiger partial charge in [0.25, 0.3) is 0 Å². The van der Waals surface area contributed by atoms with Gasteiger partial charge >= 0.3 is 13.8 Å². The minimum atomic E-state index is -4.43. The smallest absolute Gasteiger partial charge is 0.463 e. The number of nitrogens with one attached hydrogen (secondary N) is 1. The quantitative estimate of drug-likeness (QED) is 0.0240. The molecule has 0 aliphatic rings. The fourth-order valence-electron chi connectivity index (χ4n) is 5.85. The standard InChI is InChI=1S/C49H84NO8P/c1-3-5-7-9-11-13-15-17-19-20-21-22-23-24-25-26-28-29-31-33-35-37-39-41-48(52)50-43-44-57-59(54,55)58-46-47(51)45-56-49(53)42-40-38-36-34-32-30-27-18-16-14-12-10-8-6-4-2/h6,8,11-14,17-19,21-22,24-25,27,47,51H,3-5,7,9-10,15-16,20,23,26,28-46H2,1-2H3,(H,50,52)(H,54,55)/b8-6-,13-11-,14-12-,19-17-,22-21-,25-24-,27-18-. The van der Waals surface area contributed by atoms with Crippen molar-refractivity contribution >= 4 is 19.7 Å². The van der Waals surface area contributed by atoms with Crippen molar-refractivity contribution in [2.75, 3.05) is 26.4 Å². The summed E-state index contributed by atoms with van der Waals surface area (Å²) >= 11 is 0. The summed E-state index contributed by atoms with van der Waals surface area (Å²) in [6.45, 7) is 3.37. The maximum absolute atomic E-state index is 12.1. The largest absolute Gasteiger partial charge is 0.472 e. The third-order valence-corrected chi connectivity index (χ3v) is 10.3. The number of unbranched alkanes of at least 4 members (excludes halogenated alkanes) is 15. The molecule has 0 spiro atoms. The van der Waals surface area contributed by atoms with Gasteiger partial charge in [0.05, 0.1) is 13.2 Å². The Hall–Kier alpha value is -2.81. The highest BCUT2D eigenvalue weighted by Crippen LogP contribution is 2.42. The summed E-state index contributed by atoms with van der Waals surface area (Å²) in [5.41, 5.74) is 0. The second-order valence-corrected chi connectivity index (χ2v) is 16.4. The molecular weight excluding hydrogens is 762 g/mol. The number of amides is 1. The second-order valence-electron chi connectivity index (χ2n) is 15.0. The third-order valence-electron chi connectivity index (χ3n) is 9.31. The highest BCUT2D eigenvalue weighted by atomic mass is 31.2. The van der Waals surface area contributed by atoms with E-state index in [1.807, 2.05) is 0 Å². The molecular formula is C49H84NO8P. The number of carbonyl (C=O) groups is 2. The zero-order chi connectivity index (χ0) is 43.2. The van der Waals surface area contributed by atoms with Crippen LogP contribution < -0.4 is 5.32 Å². The van der Waals surface area contributed by atoms with Crippen LogP contribution in [-0.2, 0) is 27.9 Å². The zero-order valence-electron chi connectivity index (χ0n) is 37.2. The van der Waals surface area contributed by atoms with Crippen LogP contribution in [0.4, 0.5) is 0 Å². The van der Waals surface area contributed by atoms with E-state index in [0.29, 0.717) is 12.8 Å². The van der Waals surface area contributed by atoms with Gasteiger partial charge in [0.1, 0.15) is 12.7 Å². The summed E-state index contributed by atoms with van der Waals surface area (Å²) in [7, 11) is -4.43. The summed E-state index contributed by atoms with van der Waals surface area (Å²) in [5, 5.41) is 12.7. The van der Waals surface area contributed by atoms with Gasteiger partial charge in [-0.15, -0.1) is 0 Å². The van der Waals surface area contributed by atoms with Crippen molar-refractivity contribution in [2.45, 2.75) is 187 Å². The average Bonchev–Trinajstić information content (AvgIpc) is 3.22. The Morgan fingerprint density at radius 1 is 0.542 bits per heavy atom. The second kappa shape index (κ2) is 44.7. The number of phosphoric acid groups is 1. The molecule has 0 rings (SSSR count). The maximum atomic E-state index is 12.1. The van der Waals surface area contributed by atoms with E-state index in [9.17, 15) is 24.2 Å².